The number of nitrogens with one attached hydrogen (secondary N) is 1. The highest BCUT2D eigenvalue weighted by atomic mass is 16.5. The van der Waals surface area contributed by atoms with E-state index in [4.69, 9.17) is 9.72 Å². The van der Waals surface area contributed by atoms with E-state index >= 15 is 0 Å². The molecule has 4 heteroatoms. The number of aromatic nitrogens is 2. The van der Waals surface area contributed by atoms with Crippen LogP contribution in [0.1, 0.15) is 48.4 Å². The molecule has 4 nitrogen and oxygen atoms in total. The lowest BCUT2D eigenvalue weighted by atomic mass is 9.97. The summed E-state index contributed by atoms with van der Waals surface area (Å²) in [5.41, 5.74) is 5.93. The minimum Gasteiger partial charge on any atom is -0.362 e. The molecular formula is C23H29N3O. The molecule has 0 aliphatic carbocycles. The summed E-state index contributed by atoms with van der Waals surface area (Å²) in [6.07, 6.45) is 3.25. The SMILES string of the molecule is CCc1cc(C)ccc1C(OC1CCN(C)CC1)c1nc2ccccc2[nH]1. The van der Waals surface area contributed by atoms with Gasteiger partial charge in [0, 0.05) is 13.1 Å². The van der Waals surface area contributed by atoms with Gasteiger partial charge in [-0.25, -0.2) is 4.98 Å². The number of ether oxygens (including phenoxy) is 1. The second kappa shape index (κ2) is 7.83. The first kappa shape index (κ1) is 18.2. The van der Waals surface area contributed by atoms with Crippen LogP contribution in [-0.4, -0.2) is 41.1 Å². The van der Waals surface area contributed by atoms with Crippen LogP contribution < -0.4 is 0 Å². The number of para-hydroxylation sites is 2. The van der Waals surface area contributed by atoms with Crippen LogP contribution in [0.5, 0.6) is 0 Å². The second-order valence-electron chi connectivity index (χ2n) is 7.71. The van der Waals surface area contributed by atoms with Gasteiger partial charge in [0.25, 0.3) is 0 Å². The van der Waals surface area contributed by atoms with Gasteiger partial charge in [-0.2, -0.15) is 0 Å². The fourth-order valence-corrected chi connectivity index (χ4v) is 3.99. The summed E-state index contributed by atoms with van der Waals surface area (Å²) in [5, 5.41) is 0. The van der Waals surface area contributed by atoms with E-state index in [9.17, 15) is 0 Å². The summed E-state index contributed by atoms with van der Waals surface area (Å²) >= 11 is 0. The summed E-state index contributed by atoms with van der Waals surface area (Å²) in [4.78, 5) is 10.8. The van der Waals surface area contributed by atoms with Gasteiger partial charge in [-0.15, -0.1) is 0 Å². The molecule has 1 atom stereocenters. The number of rotatable bonds is 5. The maximum Gasteiger partial charge on any atom is 0.141 e. The smallest absolute Gasteiger partial charge is 0.141 e. The lowest BCUT2D eigenvalue weighted by molar-refractivity contribution is -0.0267. The fraction of sp³-hybridized carbons (Fsp3) is 0.435. The molecule has 1 saturated heterocycles. The van der Waals surface area contributed by atoms with Crippen LogP contribution in [0, 0.1) is 6.92 Å². The van der Waals surface area contributed by atoms with Crippen LogP contribution >= 0.6 is 0 Å². The van der Waals surface area contributed by atoms with E-state index in [2.05, 4.69) is 61.1 Å². The van der Waals surface area contributed by atoms with E-state index in [0.29, 0.717) is 0 Å². The molecule has 4 rings (SSSR count). The Morgan fingerprint density at radius 3 is 2.70 bits per heavy atom. The molecule has 1 aromatic heterocycles. The number of nitrogens with zero attached hydrogens (tertiary/aromatic N) is 2. The molecule has 2 heterocycles. The van der Waals surface area contributed by atoms with Crippen LogP contribution in [0.25, 0.3) is 11.0 Å². The van der Waals surface area contributed by atoms with Gasteiger partial charge in [0.15, 0.2) is 0 Å². The third-order valence-corrected chi connectivity index (χ3v) is 5.61. The van der Waals surface area contributed by atoms with Gasteiger partial charge in [0.2, 0.25) is 0 Å². The van der Waals surface area contributed by atoms with E-state index in [1.807, 2.05) is 12.1 Å². The molecule has 0 radical (unpaired) electrons. The van der Waals surface area contributed by atoms with Crippen molar-refractivity contribution in [2.75, 3.05) is 20.1 Å². The predicted octanol–water partition coefficient (Wildman–Crippen LogP) is 4.63. The Morgan fingerprint density at radius 1 is 1.19 bits per heavy atom. The van der Waals surface area contributed by atoms with Gasteiger partial charge in [0.1, 0.15) is 11.9 Å². The quantitative estimate of drug-likeness (QED) is 0.718. The monoisotopic (exact) mass is 363 g/mol. The Labute approximate surface area is 161 Å². The molecule has 27 heavy (non-hydrogen) atoms. The van der Waals surface area contributed by atoms with Crippen molar-refractivity contribution in [1.82, 2.24) is 14.9 Å². The molecule has 0 saturated carbocycles. The summed E-state index contributed by atoms with van der Waals surface area (Å²) < 4.78 is 6.70. The first-order valence-corrected chi connectivity index (χ1v) is 10.0. The number of benzene rings is 2. The lowest BCUT2D eigenvalue weighted by Crippen LogP contribution is -2.35. The number of imidazole rings is 1. The van der Waals surface area contributed by atoms with Crippen LogP contribution in [0.3, 0.4) is 0 Å². The topological polar surface area (TPSA) is 41.1 Å². The van der Waals surface area contributed by atoms with Crippen molar-refractivity contribution in [3.05, 3.63) is 65.0 Å². The highest BCUT2D eigenvalue weighted by Gasteiger charge is 2.27. The zero-order chi connectivity index (χ0) is 18.8. The van der Waals surface area contributed by atoms with Gasteiger partial charge in [0.05, 0.1) is 17.1 Å². The Hall–Kier alpha value is -2.17. The summed E-state index contributed by atoms with van der Waals surface area (Å²) in [5.74, 6) is 0.911. The average molecular weight is 364 g/mol. The molecule has 0 spiro atoms. The standard InChI is InChI=1S/C23H29N3O/c1-4-17-15-16(2)9-10-19(17)22(27-18-11-13-26(3)14-12-18)23-24-20-7-5-6-8-21(20)25-23/h5-10,15,18,22H,4,11-14H2,1-3H3,(H,24,25). The Balaban J connectivity index is 1.72. The van der Waals surface area contributed by atoms with Crippen LogP contribution in [0.4, 0.5) is 0 Å². The van der Waals surface area contributed by atoms with E-state index in [1.54, 1.807) is 0 Å². The number of aryl methyl sites for hydroxylation is 2. The van der Waals surface area contributed by atoms with Crippen LogP contribution in [0.2, 0.25) is 0 Å². The van der Waals surface area contributed by atoms with Crippen molar-refractivity contribution in [1.29, 1.82) is 0 Å². The summed E-state index contributed by atoms with van der Waals surface area (Å²) in [7, 11) is 2.18. The number of aromatic amines is 1. The number of hydrogen-bond acceptors (Lipinski definition) is 3. The molecule has 1 fully saturated rings. The van der Waals surface area contributed by atoms with E-state index in [-0.39, 0.29) is 12.2 Å². The molecular weight excluding hydrogens is 334 g/mol. The fourth-order valence-electron chi connectivity index (χ4n) is 3.99. The summed E-state index contributed by atoms with van der Waals surface area (Å²) in [6.45, 7) is 6.54. The zero-order valence-corrected chi connectivity index (χ0v) is 16.5. The first-order valence-electron chi connectivity index (χ1n) is 10.0. The van der Waals surface area contributed by atoms with Crippen molar-refractivity contribution in [2.45, 2.75) is 45.3 Å². The third-order valence-electron chi connectivity index (χ3n) is 5.61. The number of hydrogen-bond donors (Lipinski definition) is 1. The molecule has 1 aliphatic rings. The maximum absolute atomic E-state index is 6.70. The van der Waals surface area contributed by atoms with Gasteiger partial charge < -0.3 is 14.6 Å². The number of likely N-dealkylation sites (tertiary alicyclic amines) is 1. The molecule has 142 valence electrons. The van der Waals surface area contributed by atoms with Crippen molar-refractivity contribution in [3.8, 4) is 0 Å². The Bertz CT molecular complexity index is 876. The lowest BCUT2D eigenvalue weighted by Gasteiger charge is -2.32. The van der Waals surface area contributed by atoms with Gasteiger partial charge in [-0.3, -0.25) is 0 Å². The largest absolute Gasteiger partial charge is 0.362 e. The first-order chi connectivity index (χ1) is 13.1. The summed E-state index contributed by atoms with van der Waals surface area (Å²) in [6, 6.07) is 14.9. The number of fused-ring (bicyclic) bond motifs is 1. The minimum atomic E-state index is -0.152. The van der Waals surface area contributed by atoms with Crippen molar-refractivity contribution in [3.63, 3.8) is 0 Å². The molecule has 1 unspecified atom stereocenters. The third kappa shape index (κ3) is 3.92. The molecule has 3 aromatic rings. The molecule has 2 aromatic carbocycles. The van der Waals surface area contributed by atoms with Gasteiger partial charge >= 0.3 is 0 Å². The molecule has 1 N–H and O–H groups in total. The second-order valence-corrected chi connectivity index (χ2v) is 7.71. The zero-order valence-electron chi connectivity index (χ0n) is 16.5. The number of piperidine rings is 1. The molecule has 1 aliphatic heterocycles. The average Bonchev–Trinajstić information content (AvgIpc) is 3.11. The number of H-pyrrole nitrogens is 1. The normalized spacial score (nSPS) is 17.4. The van der Waals surface area contributed by atoms with Crippen LogP contribution in [0.15, 0.2) is 42.5 Å². The van der Waals surface area contributed by atoms with Crippen molar-refractivity contribution < 1.29 is 4.74 Å². The van der Waals surface area contributed by atoms with E-state index < -0.39 is 0 Å². The maximum atomic E-state index is 6.70. The van der Waals surface area contributed by atoms with Gasteiger partial charge in [-0.05, 0) is 56.5 Å². The minimum absolute atomic E-state index is 0.152. The van der Waals surface area contributed by atoms with Gasteiger partial charge in [-0.1, -0.05) is 42.8 Å². The van der Waals surface area contributed by atoms with Crippen molar-refractivity contribution >= 4 is 11.0 Å². The van der Waals surface area contributed by atoms with E-state index in [1.165, 1.54) is 16.7 Å². The highest BCUT2D eigenvalue weighted by molar-refractivity contribution is 5.75. The van der Waals surface area contributed by atoms with E-state index in [0.717, 1.165) is 49.2 Å². The van der Waals surface area contributed by atoms with Crippen molar-refractivity contribution in [2.24, 2.45) is 0 Å². The predicted molar refractivity (Wildman–Crippen MR) is 110 cm³/mol. The Kier molecular flexibility index (Phi) is 5.28. The Morgan fingerprint density at radius 2 is 1.96 bits per heavy atom. The molecule has 0 amide bonds. The highest BCUT2D eigenvalue weighted by Crippen LogP contribution is 2.32. The van der Waals surface area contributed by atoms with Crippen LogP contribution in [-0.2, 0) is 11.2 Å². The molecule has 0 bridgehead atoms.